The molecule has 21 heavy (non-hydrogen) atoms. The molecule has 1 N–H and O–H groups in total. The molecule has 0 saturated heterocycles. The molecule has 0 aliphatic carbocycles. The van der Waals surface area contributed by atoms with Crippen molar-refractivity contribution in [2.75, 3.05) is 12.4 Å². The summed E-state index contributed by atoms with van der Waals surface area (Å²) in [5.74, 6) is 0.810. The van der Waals surface area contributed by atoms with E-state index in [1.807, 2.05) is 30.3 Å². The molecule has 0 fully saturated rings. The van der Waals surface area contributed by atoms with Crippen LogP contribution in [0.1, 0.15) is 21.5 Å². The second-order valence-electron chi connectivity index (χ2n) is 4.89. The molecule has 3 rings (SSSR count). The summed E-state index contributed by atoms with van der Waals surface area (Å²) in [6.07, 6.45) is 0.426. The first-order chi connectivity index (χ1) is 10.1. The Morgan fingerprint density at radius 1 is 1.29 bits per heavy atom. The number of ether oxygens (including phenoxy) is 1. The van der Waals surface area contributed by atoms with E-state index in [0.29, 0.717) is 11.4 Å². The van der Waals surface area contributed by atoms with Crippen LogP contribution in [0.4, 0.5) is 5.69 Å². The van der Waals surface area contributed by atoms with Crippen LogP contribution in [0.15, 0.2) is 36.4 Å². The van der Waals surface area contributed by atoms with Gasteiger partial charge in [0.15, 0.2) is 0 Å². The van der Waals surface area contributed by atoms with Gasteiger partial charge in [-0.05, 0) is 35.4 Å². The number of amides is 1. The summed E-state index contributed by atoms with van der Waals surface area (Å²) in [4.78, 5) is 11.4. The molecule has 2 aromatic carbocycles. The van der Waals surface area contributed by atoms with Gasteiger partial charge in [0.1, 0.15) is 5.75 Å². The lowest BCUT2D eigenvalue weighted by Gasteiger charge is -2.16. The fourth-order valence-electron chi connectivity index (χ4n) is 2.49. The van der Waals surface area contributed by atoms with E-state index >= 15 is 0 Å². The van der Waals surface area contributed by atoms with Crippen LogP contribution < -0.4 is 10.1 Å². The van der Waals surface area contributed by atoms with E-state index in [1.165, 1.54) is 0 Å². The molecule has 0 radical (unpaired) electrons. The summed E-state index contributed by atoms with van der Waals surface area (Å²) in [6, 6.07) is 11.5. The summed E-state index contributed by atoms with van der Waals surface area (Å²) in [6.45, 7) is 0. The molecule has 0 spiro atoms. The fraction of sp³-hybridized carbons (Fsp3) is 0.188. The number of carbonyl (C=O) groups excluding carboxylic acids is 1. The van der Waals surface area contributed by atoms with Gasteiger partial charge in [-0.15, -0.1) is 0 Å². The number of alkyl halides is 1. The van der Waals surface area contributed by atoms with Crippen LogP contribution in [0.3, 0.4) is 0 Å². The SMILES string of the molecule is COc1ccc(Cl)cc1C(Br)c1ccc2c(c1)CC(=O)N2. The van der Waals surface area contributed by atoms with Crippen LogP contribution in [-0.2, 0) is 11.2 Å². The largest absolute Gasteiger partial charge is 0.496 e. The number of halogens is 2. The van der Waals surface area contributed by atoms with Gasteiger partial charge in [0, 0.05) is 16.3 Å². The molecule has 0 aromatic heterocycles. The summed E-state index contributed by atoms with van der Waals surface area (Å²) < 4.78 is 5.40. The smallest absolute Gasteiger partial charge is 0.228 e. The van der Waals surface area contributed by atoms with Gasteiger partial charge in [0.25, 0.3) is 0 Å². The summed E-state index contributed by atoms with van der Waals surface area (Å²) >= 11 is 9.79. The highest BCUT2D eigenvalue weighted by Gasteiger charge is 2.21. The van der Waals surface area contributed by atoms with Gasteiger partial charge in [-0.25, -0.2) is 0 Å². The van der Waals surface area contributed by atoms with Crippen molar-refractivity contribution < 1.29 is 9.53 Å². The van der Waals surface area contributed by atoms with Crippen molar-refractivity contribution in [3.63, 3.8) is 0 Å². The first-order valence-electron chi connectivity index (χ1n) is 6.48. The monoisotopic (exact) mass is 365 g/mol. The zero-order valence-electron chi connectivity index (χ0n) is 11.3. The minimum absolute atomic E-state index is 0.0357. The third kappa shape index (κ3) is 2.78. The number of carbonyl (C=O) groups is 1. The molecular formula is C16H13BrClNO2. The van der Waals surface area contributed by atoms with Crippen molar-refractivity contribution in [3.8, 4) is 5.75 Å². The first kappa shape index (κ1) is 14.4. The maximum absolute atomic E-state index is 11.4. The molecule has 1 unspecified atom stereocenters. The molecule has 1 aliphatic rings. The van der Waals surface area contributed by atoms with Crippen LogP contribution in [0.25, 0.3) is 0 Å². The summed E-state index contributed by atoms with van der Waals surface area (Å²) in [5.41, 5.74) is 3.93. The highest BCUT2D eigenvalue weighted by Crippen LogP contribution is 2.39. The van der Waals surface area contributed by atoms with E-state index in [-0.39, 0.29) is 10.7 Å². The number of hydrogen-bond donors (Lipinski definition) is 1. The van der Waals surface area contributed by atoms with Gasteiger partial charge in [0.2, 0.25) is 5.91 Å². The second kappa shape index (κ2) is 5.70. The van der Waals surface area contributed by atoms with Gasteiger partial charge in [-0.1, -0.05) is 39.7 Å². The standard InChI is InChI=1S/C16H13BrClNO2/c1-21-14-5-3-11(18)8-12(14)16(17)9-2-4-13-10(6-9)7-15(20)19-13/h2-6,8,16H,7H2,1H3,(H,19,20). The quantitative estimate of drug-likeness (QED) is 0.821. The van der Waals surface area contributed by atoms with Crippen LogP contribution in [0.5, 0.6) is 5.75 Å². The van der Waals surface area contributed by atoms with E-state index in [4.69, 9.17) is 16.3 Å². The molecule has 1 aliphatic heterocycles. The van der Waals surface area contributed by atoms with Crippen molar-refractivity contribution in [2.24, 2.45) is 0 Å². The molecule has 1 atom stereocenters. The van der Waals surface area contributed by atoms with Crippen molar-refractivity contribution in [2.45, 2.75) is 11.2 Å². The molecule has 108 valence electrons. The topological polar surface area (TPSA) is 38.3 Å². The number of hydrogen-bond acceptors (Lipinski definition) is 2. The third-order valence-corrected chi connectivity index (χ3v) is 4.77. The normalized spacial score (nSPS) is 14.5. The van der Waals surface area contributed by atoms with Crippen molar-refractivity contribution in [1.82, 2.24) is 0 Å². The highest BCUT2D eigenvalue weighted by atomic mass is 79.9. The number of nitrogens with one attached hydrogen (secondary N) is 1. The predicted molar refractivity (Wildman–Crippen MR) is 87.5 cm³/mol. The van der Waals surface area contributed by atoms with E-state index in [0.717, 1.165) is 28.1 Å². The van der Waals surface area contributed by atoms with Gasteiger partial charge in [-0.3, -0.25) is 4.79 Å². The predicted octanol–water partition coefficient (Wildman–Crippen LogP) is 4.33. The molecule has 5 heteroatoms. The Kier molecular flexibility index (Phi) is 3.91. The van der Waals surface area contributed by atoms with Crippen molar-refractivity contribution >= 4 is 39.1 Å². The number of fused-ring (bicyclic) bond motifs is 1. The Labute approximate surface area is 136 Å². The van der Waals surface area contributed by atoms with E-state index in [2.05, 4.69) is 21.2 Å². The Balaban J connectivity index is 1.99. The summed E-state index contributed by atoms with van der Waals surface area (Å²) in [5, 5.41) is 3.50. The fourth-order valence-corrected chi connectivity index (χ4v) is 3.31. The molecule has 0 saturated carbocycles. The second-order valence-corrected chi connectivity index (χ2v) is 6.24. The van der Waals surface area contributed by atoms with Gasteiger partial charge in [-0.2, -0.15) is 0 Å². The molecule has 1 heterocycles. The van der Waals surface area contributed by atoms with Crippen LogP contribution in [0, 0.1) is 0 Å². The van der Waals surface area contributed by atoms with Crippen LogP contribution in [-0.4, -0.2) is 13.0 Å². The number of methoxy groups -OCH3 is 1. The molecular weight excluding hydrogens is 354 g/mol. The van der Waals surface area contributed by atoms with E-state index in [1.54, 1.807) is 13.2 Å². The Bertz CT molecular complexity index is 717. The summed E-state index contributed by atoms with van der Waals surface area (Å²) in [7, 11) is 1.64. The Morgan fingerprint density at radius 2 is 2.10 bits per heavy atom. The molecule has 1 amide bonds. The first-order valence-corrected chi connectivity index (χ1v) is 7.78. The van der Waals surface area contributed by atoms with Gasteiger partial charge >= 0.3 is 0 Å². The van der Waals surface area contributed by atoms with Gasteiger partial charge < -0.3 is 10.1 Å². The Morgan fingerprint density at radius 3 is 2.86 bits per heavy atom. The minimum Gasteiger partial charge on any atom is -0.496 e. The van der Waals surface area contributed by atoms with Crippen molar-refractivity contribution in [3.05, 3.63) is 58.1 Å². The lowest BCUT2D eigenvalue weighted by Crippen LogP contribution is -2.03. The zero-order chi connectivity index (χ0) is 15.0. The molecule has 3 nitrogen and oxygen atoms in total. The number of anilines is 1. The zero-order valence-corrected chi connectivity index (χ0v) is 13.7. The lowest BCUT2D eigenvalue weighted by molar-refractivity contribution is -0.115. The minimum atomic E-state index is -0.0489. The average molecular weight is 367 g/mol. The van der Waals surface area contributed by atoms with Crippen LogP contribution >= 0.6 is 27.5 Å². The number of rotatable bonds is 3. The van der Waals surface area contributed by atoms with Gasteiger partial charge in [0.05, 0.1) is 18.4 Å². The maximum Gasteiger partial charge on any atom is 0.228 e. The molecule has 0 bridgehead atoms. The average Bonchev–Trinajstić information content (AvgIpc) is 2.85. The lowest BCUT2D eigenvalue weighted by atomic mass is 10.0. The van der Waals surface area contributed by atoms with Crippen molar-refractivity contribution in [1.29, 1.82) is 0 Å². The van der Waals surface area contributed by atoms with E-state index in [9.17, 15) is 4.79 Å². The Hall–Kier alpha value is -1.52. The maximum atomic E-state index is 11.4. The number of benzene rings is 2. The van der Waals surface area contributed by atoms with Crippen LogP contribution in [0.2, 0.25) is 5.02 Å². The highest BCUT2D eigenvalue weighted by molar-refractivity contribution is 9.09. The third-order valence-electron chi connectivity index (χ3n) is 3.51. The molecule has 2 aromatic rings. The van der Waals surface area contributed by atoms with E-state index < -0.39 is 0 Å².